The highest BCUT2D eigenvalue weighted by atomic mass is 16.5. The second kappa shape index (κ2) is 19.5. The van der Waals surface area contributed by atoms with Crippen LogP contribution in [0, 0.1) is 23.7 Å². The lowest BCUT2D eigenvalue weighted by molar-refractivity contribution is 0.111. The lowest BCUT2D eigenvalue weighted by Gasteiger charge is -2.23. The van der Waals surface area contributed by atoms with Crippen LogP contribution in [0.3, 0.4) is 0 Å². The topological polar surface area (TPSA) is 93.1 Å². The van der Waals surface area contributed by atoms with E-state index in [9.17, 15) is 19.8 Å². The maximum atomic E-state index is 11.5. The van der Waals surface area contributed by atoms with E-state index in [1.165, 1.54) is 0 Å². The van der Waals surface area contributed by atoms with Crippen molar-refractivity contribution in [3.63, 3.8) is 0 Å². The number of hydrogen-bond acceptors (Lipinski definition) is 6. The summed E-state index contributed by atoms with van der Waals surface area (Å²) in [5.74, 6) is 13.0. The molecule has 0 heterocycles. The molecule has 6 nitrogen and oxygen atoms in total. The van der Waals surface area contributed by atoms with Gasteiger partial charge in [0, 0.05) is 33.4 Å². The third-order valence-electron chi connectivity index (χ3n) is 7.82. The van der Waals surface area contributed by atoms with Crippen molar-refractivity contribution < 1.29 is 29.3 Å². The van der Waals surface area contributed by atoms with E-state index in [1.54, 1.807) is 62.8 Å². The molecule has 6 heteroatoms. The van der Waals surface area contributed by atoms with Crippen LogP contribution in [0.5, 0.6) is 11.5 Å². The van der Waals surface area contributed by atoms with Crippen LogP contribution in [0.25, 0.3) is 0 Å². The van der Waals surface area contributed by atoms with Gasteiger partial charge in [0.1, 0.15) is 24.1 Å². The van der Waals surface area contributed by atoms with Crippen molar-refractivity contribution in [3.8, 4) is 35.2 Å². The summed E-state index contributed by atoms with van der Waals surface area (Å²) in [6.07, 6.45) is 1.61. The Morgan fingerprint density at radius 1 is 0.423 bits per heavy atom. The molecule has 0 radical (unpaired) electrons. The zero-order valence-electron chi connectivity index (χ0n) is 28.8. The monoisotopic (exact) mass is 686 g/mol. The van der Waals surface area contributed by atoms with Gasteiger partial charge in [-0.25, -0.2) is 0 Å². The maximum Gasteiger partial charge on any atom is 0.177 e. The van der Waals surface area contributed by atoms with E-state index in [1.807, 2.05) is 121 Å². The Morgan fingerprint density at radius 3 is 0.885 bits per heavy atom. The van der Waals surface area contributed by atoms with Crippen LogP contribution in [0.15, 0.2) is 170 Å². The summed E-state index contributed by atoms with van der Waals surface area (Å²) in [5, 5.41) is 23.0. The van der Waals surface area contributed by atoms with Gasteiger partial charge in [0.25, 0.3) is 0 Å². The van der Waals surface area contributed by atoms with Crippen molar-refractivity contribution in [2.75, 3.05) is 14.2 Å². The summed E-state index contributed by atoms with van der Waals surface area (Å²) in [7, 11) is 3.19. The number of benzene rings is 6. The fourth-order valence-corrected chi connectivity index (χ4v) is 4.95. The number of rotatable bonds is 8. The smallest absolute Gasteiger partial charge is 0.177 e. The van der Waals surface area contributed by atoms with Gasteiger partial charge >= 0.3 is 0 Å². The highest BCUT2D eigenvalue weighted by Gasteiger charge is 2.30. The van der Waals surface area contributed by atoms with Crippen molar-refractivity contribution in [2.24, 2.45) is 0 Å². The minimum absolute atomic E-state index is 0.655. The summed E-state index contributed by atoms with van der Waals surface area (Å²) in [5.41, 5.74) is 0.915. The number of hydrogen-bond donors (Lipinski definition) is 2. The zero-order valence-corrected chi connectivity index (χ0v) is 28.8. The first-order chi connectivity index (χ1) is 25.4. The summed E-state index contributed by atoms with van der Waals surface area (Å²) in [6, 6.07) is 51.0. The van der Waals surface area contributed by atoms with Crippen LogP contribution >= 0.6 is 0 Å². The van der Waals surface area contributed by atoms with Gasteiger partial charge in [-0.1, -0.05) is 121 Å². The SMILES string of the molecule is COc1ccc(C=O)cc1.COc1ccc(C=O)cc1.OC(C#CC#CC(O)(c1ccccc1)c1ccccc1)(c1ccccc1)c1ccccc1. The number of ether oxygens (including phenoxy) is 2. The first-order valence-electron chi connectivity index (χ1n) is 16.3. The fourth-order valence-electron chi connectivity index (χ4n) is 4.95. The summed E-state index contributed by atoms with van der Waals surface area (Å²) in [4.78, 5) is 20.3. The van der Waals surface area contributed by atoms with Crippen LogP contribution in [0.4, 0.5) is 0 Å². The molecular formula is C46H38O6. The number of methoxy groups -OCH3 is 2. The number of carbonyl (C=O) groups excluding carboxylic acids is 2. The molecule has 0 unspecified atom stereocenters. The lowest BCUT2D eigenvalue weighted by Crippen LogP contribution is -2.25. The molecule has 0 saturated heterocycles. The van der Waals surface area contributed by atoms with Gasteiger partial charge in [0.05, 0.1) is 14.2 Å². The molecule has 0 aliphatic carbocycles. The van der Waals surface area contributed by atoms with Crippen LogP contribution in [-0.4, -0.2) is 37.0 Å². The zero-order chi connectivity index (χ0) is 37.1. The highest BCUT2D eigenvalue weighted by molar-refractivity contribution is 5.75. The average molecular weight is 687 g/mol. The van der Waals surface area contributed by atoms with Crippen molar-refractivity contribution in [1.82, 2.24) is 0 Å². The fraction of sp³-hybridized carbons (Fsp3) is 0.0870. The molecule has 258 valence electrons. The summed E-state index contributed by atoms with van der Waals surface area (Å²) in [6.45, 7) is 0. The standard InChI is InChI=1S/C30H22O2.2C8H8O2/c31-29(25-15-5-1-6-16-25,26-17-7-2-8-18-26)23-13-14-24-30(32,27-19-9-3-10-20-27)28-21-11-4-12-22-28;2*1-10-8-4-2-7(6-9)3-5-8/h1-12,15-22,31-32H;2*2-6H,1H3. The van der Waals surface area contributed by atoms with E-state index in [4.69, 9.17) is 9.47 Å². The van der Waals surface area contributed by atoms with Crippen LogP contribution in [-0.2, 0) is 11.2 Å². The molecule has 6 aromatic rings. The van der Waals surface area contributed by atoms with E-state index < -0.39 is 11.2 Å². The predicted molar refractivity (Wildman–Crippen MR) is 204 cm³/mol. The molecule has 0 spiro atoms. The molecule has 0 atom stereocenters. The molecule has 0 saturated carbocycles. The molecule has 6 rings (SSSR count). The van der Waals surface area contributed by atoms with Crippen LogP contribution in [0.2, 0.25) is 0 Å². The van der Waals surface area contributed by atoms with Gasteiger partial charge in [0.2, 0.25) is 0 Å². The van der Waals surface area contributed by atoms with E-state index in [0.717, 1.165) is 24.1 Å². The van der Waals surface area contributed by atoms with Gasteiger partial charge < -0.3 is 19.7 Å². The molecule has 2 N–H and O–H groups in total. The lowest BCUT2D eigenvalue weighted by atomic mass is 9.86. The van der Waals surface area contributed by atoms with Gasteiger partial charge in [0.15, 0.2) is 11.2 Å². The van der Waals surface area contributed by atoms with Gasteiger partial charge in [-0.15, -0.1) is 0 Å². The highest BCUT2D eigenvalue weighted by Crippen LogP contribution is 2.30. The third-order valence-corrected chi connectivity index (χ3v) is 7.82. The van der Waals surface area contributed by atoms with E-state index >= 15 is 0 Å². The average Bonchev–Trinajstić information content (AvgIpc) is 3.24. The van der Waals surface area contributed by atoms with E-state index in [2.05, 4.69) is 23.7 Å². The normalized spacial score (nSPS) is 10.2. The van der Waals surface area contributed by atoms with Crippen LogP contribution in [0.1, 0.15) is 43.0 Å². The molecule has 52 heavy (non-hydrogen) atoms. The summed E-state index contributed by atoms with van der Waals surface area (Å²) >= 11 is 0. The number of carbonyl (C=O) groups is 2. The molecule has 0 aromatic heterocycles. The summed E-state index contributed by atoms with van der Waals surface area (Å²) < 4.78 is 9.80. The maximum absolute atomic E-state index is 11.5. The van der Waals surface area contributed by atoms with Gasteiger partial charge in [-0.2, -0.15) is 0 Å². The predicted octanol–water partition coefficient (Wildman–Crippen LogP) is 7.88. The second-order valence-corrected chi connectivity index (χ2v) is 11.2. The Morgan fingerprint density at radius 2 is 0.673 bits per heavy atom. The van der Waals surface area contributed by atoms with Crippen molar-refractivity contribution in [3.05, 3.63) is 203 Å². The number of aldehydes is 2. The molecule has 0 aliphatic heterocycles. The Balaban J connectivity index is 0.000000245. The molecule has 0 bridgehead atoms. The largest absolute Gasteiger partial charge is 0.497 e. The first kappa shape index (κ1) is 38.1. The van der Waals surface area contributed by atoms with Crippen molar-refractivity contribution in [2.45, 2.75) is 11.2 Å². The molecular weight excluding hydrogens is 649 g/mol. The van der Waals surface area contributed by atoms with E-state index in [-0.39, 0.29) is 0 Å². The van der Waals surface area contributed by atoms with Crippen molar-refractivity contribution in [1.29, 1.82) is 0 Å². The van der Waals surface area contributed by atoms with E-state index in [0.29, 0.717) is 33.4 Å². The quantitative estimate of drug-likeness (QED) is 0.125. The molecule has 6 aromatic carbocycles. The molecule has 0 aliphatic rings. The Hall–Kier alpha value is -6.70. The Bertz CT molecular complexity index is 1860. The molecule has 0 fully saturated rings. The minimum atomic E-state index is -1.52. The number of aliphatic hydroxyl groups is 2. The van der Waals surface area contributed by atoms with Crippen molar-refractivity contribution >= 4 is 12.6 Å². The van der Waals surface area contributed by atoms with Crippen LogP contribution < -0.4 is 9.47 Å². The second-order valence-electron chi connectivity index (χ2n) is 11.2. The van der Waals surface area contributed by atoms with Gasteiger partial charge in [-0.3, -0.25) is 9.59 Å². The third kappa shape index (κ3) is 10.4. The van der Waals surface area contributed by atoms with Gasteiger partial charge in [-0.05, 0) is 72.2 Å². The Kier molecular flexibility index (Phi) is 14.3. The minimum Gasteiger partial charge on any atom is -0.497 e. The first-order valence-corrected chi connectivity index (χ1v) is 16.3. The Labute approximate surface area is 305 Å². The molecule has 0 amide bonds.